The van der Waals surface area contributed by atoms with Crippen molar-refractivity contribution < 1.29 is 31.1 Å². The van der Waals surface area contributed by atoms with Crippen LogP contribution in [0, 0.1) is 0 Å². The van der Waals surface area contributed by atoms with Gasteiger partial charge in [-0.3, -0.25) is 0 Å². The normalized spacial score (nSPS) is 12.2. The Bertz CT molecular complexity index is 1980. The molecule has 0 heterocycles. The molecule has 299 valence electrons. The van der Waals surface area contributed by atoms with Crippen molar-refractivity contribution in [2.24, 2.45) is 0 Å². The number of halogens is 1. The zero-order chi connectivity index (χ0) is 40.3. The van der Waals surface area contributed by atoms with Crippen LogP contribution in [0.2, 0.25) is 0 Å². The first-order valence-electron chi connectivity index (χ1n) is 19.1. The summed E-state index contributed by atoms with van der Waals surface area (Å²) in [5.41, 5.74) is 0. The molecular formula is C51H43ClOP4PdRh. The predicted molar refractivity (Wildman–Crippen MR) is 256 cm³/mol. The summed E-state index contributed by atoms with van der Waals surface area (Å²) in [6, 6.07) is 89.0. The van der Waals surface area contributed by atoms with Crippen LogP contribution >= 0.6 is 41.2 Å². The van der Waals surface area contributed by atoms with Crippen molar-refractivity contribution in [2.75, 3.05) is 0 Å². The first-order valence-corrected chi connectivity index (χ1v) is 33.1. The molecule has 0 spiro atoms. The number of hydrogen-bond donors (Lipinski definition) is 0. The van der Waals surface area contributed by atoms with Crippen molar-refractivity contribution in [3.8, 4) is 0 Å². The standard InChI is InChI=1S/2C25H21P2.CHO.ClH.Pd.Rh/c2*1-5-13-22(14-6-1)26(23-15-7-2-8-16-23)21-27(24-17-9-3-10-18-24)25-19-11-4-12-20-25;1-2;;;/h2*1-21H;1H;1H;;/q;;;;+1;/p-1. The Hall–Kier alpha value is -3.27. The molecule has 0 atom stereocenters. The Morgan fingerprint density at radius 1 is 0.322 bits per heavy atom. The Morgan fingerprint density at radius 2 is 0.475 bits per heavy atom. The van der Waals surface area contributed by atoms with Gasteiger partial charge in [-0.1, -0.05) is 0 Å². The van der Waals surface area contributed by atoms with Gasteiger partial charge < -0.3 is 0 Å². The Morgan fingerprint density at radius 3 is 0.610 bits per heavy atom. The van der Waals surface area contributed by atoms with E-state index in [2.05, 4.69) is 243 Å². The summed E-state index contributed by atoms with van der Waals surface area (Å²) >= 11 is -4.25. The summed E-state index contributed by atoms with van der Waals surface area (Å²) in [5.74, 6) is 0. The van der Waals surface area contributed by atoms with Crippen molar-refractivity contribution in [3.05, 3.63) is 243 Å². The van der Waals surface area contributed by atoms with E-state index in [1.807, 2.05) is 0 Å². The van der Waals surface area contributed by atoms with Crippen LogP contribution in [-0.4, -0.2) is 12.6 Å². The van der Waals surface area contributed by atoms with Gasteiger partial charge in [0, 0.05) is 0 Å². The van der Waals surface area contributed by atoms with E-state index in [0.29, 0.717) is 0 Å². The van der Waals surface area contributed by atoms with Crippen LogP contribution in [0.15, 0.2) is 243 Å². The average molecular weight is 1040 g/mol. The third-order valence-electron chi connectivity index (χ3n) is 9.60. The Balaban J connectivity index is 1.55. The van der Waals surface area contributed by atoms with Crippen molar-refractivity contribution in [1.82, 2.24) is 0 Å². The number of carbonyl (C=O) groups is 1. The SMILES string of the molecule is O=[CH][Rh][Pd]([Cl])([CH](P(c1ccccc1)c1ccccc1)P(c1ccccc1)c1ccccc1)[CH](P(c1ccccc1)c1ccccc1)P(c1ccccc1)c1ccccc1. The molecule has 0 fully saturated rings. The monoisotopic (exact) mass is 1040 g/mol. The third-order valence-corrected chi connectivity index (χ3v) is 52.2. The first kappa shape index (κ1) is 42.4. The second-order valence-corrected chi connectivity index (χ2v) is 41.2. The molecule has 0 N–H and O–H groups in total. The minimum absolute atomic E-state index is 0.0191. The van der Waals surface area contributed by atoms with Crippen molar-refractivity contribution in [1.29, 1.82) is 0 Å². The van der Waals surface area contributed by atoms with Gasteiger partial charge in [0.15, 0.2) is 0 Å². The van der Waals surface area contributed by atoms with Crippen LogP contribution in [0.5, 0.6) is 0 Å². The van der Waals surface area contributed by atoms with E-state index >= 15 is 0 Å². The second-order valence-electron chi connectivity index (χ2n) is 13.3. The number of hydrogen-bond acceptors (Lipinski definition) is 1. The quantitative estimate of drug-likeness (QED) is 0.0536. The van der Waals surface area contributed by atoms with Crippen LogP contribution < -0.4 is 42.4 Å². The zero-order valence-electron chi connectivity index (χ0n) is 32.1. The van der Waals surface area contributed by atoms with Gasteiger partial charge in [-0.05, 0) is 0 Å². The molecule has 0 aliphatic heterocycles. The van der Waals surface area contributed by atoms with E-state index in [9.17, 15) is 14.3 Å². The number of carbonyl (C=O) groups excluding carboxylic acids is 1. The van der Waals surface area contributed by atoms with E-state index in [1.54, 1.807) is 0 Å². The average Bonchev–Trinajstić information content (AvgIpc) is 3.31. The van der Waals surface area contributed by atoms with Gasteiger partial charge in [-0.15, -0.1) is 0 Å². The zero-order valence-corrected chi connectivity index (χ0v) is 39.6. The molecule has 0 radical (unpaired) electrons. The molecular weight excluding hydrogens is 997 g/mol. The minimum atomic E-state index is -3.63. The van der Waals surface area contributed by atoms with Crippen molar-refractivity contribution in [3.63, 3.8) is 0 Å². The molecule has 0 unspecified atom stereocenters. The van der Waals surface area contributed by atoms with Gasteiger partial charge in [-0.25, -0.2) is 0 Å². The summed E-state index contributed by atoms with van der Waals surface area (Å²) in [4.78, 5) is 15.3. The molecule has 8 heteroatoms. The van der Waals surface area contributed by atoms with Crippen LogP contribution in [-0.2, 0) is 31.1 Å². The van der Waals surface area contributed by atoms with E-state index < -0.39 is 58.0 Å². The molecule has 0 saturated carbocycles. The van der Waals surface area contributed by atoms with Gasteiger partial charge >= 0.3 is 370 Å². The molecule has 0 bridgehead atoms. The molecule has 1 nitrogen and oxygen atoms in total. The molecule has 8 aromatic carbocycles. The van der Waals surface area contributed by atoms with Gasteiger partial charge in [0.05, 0.1) is 0 Å². The molecule has 8 aromatic rings. The fourth-order valence-corrected chi connectivity index (χ4v) is 58.4. The summed E-state index contributed by atoms with van der Waals surface area (Å²) in [5, 5.41) is 10.4. The maximum atomic E-state index is 14.0. The fourth-order valence-electron chi connectivity index (χ4n) is 7.05. The number of rotatable bonds is 16. The Kier molecular flexibility index (Phi) is 15.1. The summed E-state index contributed by atoms with van der Waals surface area (Å²) < 4.78 is -0.0381. The van der Waals surface area contributed by atoms with Crippen molar-refractivity contribution in [2.45, 2.75) is 7.75 Å². The van der Waals surface area contributed by atoms with Gasteiger partial charge in [0.2, 0.25) is 0 Å². The van der Waals surface area contributed by atoms with E-state index in [4.69, 9.17) is 0 Å². The van der Waals surface area contributed by atoms with E-state index in [-0.39, 0.29) is 7.75 Å². The van der Waals surface area contributed by atoms with Crippen LogP contribution in [0.4, 0.5) is 0 Å². The summed E-state index contributed by atoms with van der Waals surface area (Å²) in [6.07, 6.45) is 0. The molecule has 59 heavy (non-hydrogen) atoms. The first-order chi connectivity index (χ1) is 29.2. The van der Waals surface area contributed by atoms with Crippen LogP contribution in [0.3, 0.4) is 0 Å². The molecule has 8 rings (SSSR count). The summed E-state index contributed by atoms with van der Waals surface area (Å²) in [6.45, 7) is 0. The second kappa shape index (κ2) is 21.0. The van der Waals surface area contributed by atoms with Gasteiger partial charge in [-0.2, -0.15) is 0 Å². The Labute approximate surface area is 367 Å². The molecule has 0 amide bonds. The number of benzene rings is 8. The molecule has 0 aliphatic rings. The summed E-state index contributed by atoms with van der Waals surface area (Å²) in [7, 11) is 4.90. The van der Waals surface area contributed by atoms with Crippen LogP contribution in [0.1, 0.15) is 0 Å². The fraction of sp³-hybridized carbons (Fsp3) is 0.0392. The van der Waals surface area contributed by atoms with Gasteiger partial charge in [0.25, 0.3) is 0 Å². The predicted octanol–water partition coefficient (Wildman–Crippen LogP) is 10.6. The third kappa shape index (κ3) is 9.78. The van der Waals surface area contributed by atoms with E-state index in [1.165, 1.54) is 47.3 Å². The molecule has 0 aromatic heterocycles. The molecule has 0 aliphatic carbocycles. The van der Waals surface area contributed by atoms with Gasteiger partial charge in [0.1, 0.15) is 0 Å². The molecule has 0 saturated heterocycles. The van der Waals surface area contributed by atoms with Crippen LogP contribution in [0.25, 0.3) is 0 Å². The van der Waals surface area contributed by atoms with E-state index in [0.717, 1.165) is 0 Å². The van der Waals surface area contributed by atoms with Crippen molar-refractivity contribution >= 4 is 88.5 Å². The topological polar surface area (TPSA) is 17.1 Å². The maximum absolute atomic E-state index is 14.0.